The minimum absolute atomic E-state index is 0.0425. The molecule has 0 bridgehead atoms. The van der Waals surface area contributed by atoms with Crippen molar-refractivity contribution in [1.29, 1.82) is 0 Å². The quantitative estimate of drug-likeness (QED) is 0.423. The van der Waals surface area contributed by atoms with Crippen LogP contribution in [0.3, 0.4) is 0 Å². The Bertz CT molecular complexity index is 1160. The van der Waals surface area contributed by atoms with Crippen LogP contribution in [0.25, 0.3) is 21.9 Å². The molecule has 1 aliphatic heterocycles. The van der Waals surface area contributed by atoms with Gasteiger partial charge in [-0.25, -0.2) is 8.78 Å². The molecule has 0 spiro atoms. The molecule has 150 valence electrons. The first-order valence-electron chi connectivity index (χ1n) is 10.4. The van der Waals surface area contributed by atoms with Crippen LogP contribution in [-0.4, -0.2) is 13.1 Å². The van der Waals surface area contributed by atoms with Crippen molar-refractivity contribution in [2.75, 3.05) is 13.1 Å². The summed E-state index contributed by atoms with van der Waals surface area (Å²) in [6.45, 7) is 1.89. The smallest absolute Gasteiger partial charge is 0.133 e. The van der Waals surface area contributed by atoms with Gasteiger partial charge in [-0.1, -0.05) is 72.8 Å². The summed E-state index contributed by atoms with van der Waals surface area (Å²) in [6.07, 6.45) is 1.00. The lowest BCUT2D eigenvalue weighted by Gasteiger charge is -2.20. The molecule has 1 heterocycles. The van der Waals surface area contributed by atoms with E-state index >= 15 is 0 Å². The number of hydrogen-bond donors (Lipinski definition) is 1. The van der Waals surface area contributed by atoms with Gasteiger partial charge in [-0.15, -0.1) is 0 Å². The van der Waals surface area contributed by atoms with Crippen molar-refractivity contribution in [3.8, 4) is 11.1 Å². The Labute approximate surface area is 175 Å². The summed E-state index contributed by atoms with van der Waals surface area (Å²) in [5.41, 5.74) is 3.20. The SMILES string of the molecule is Fc1cccc(F)c1-c1ccc(C2CNCC2Cc2cccc3ccccc23)cc1. The Kier molecular flexibility index (Phi) is 5.06. The molecular formula is C27H23F2N. The molecule has 1 fully saturated rings. The standard InChI is InChI=1S/C27H23F2N/c28-25-9-4-10-26(29)27(25)20-13-11-19(12-14-20)24-17-30-16-22(24)15-21-7-3-6-18-5-1-2-8-23(18)21/h1-14,22,24,30H,15-17H2. The molecule has 0 saturated carbocycles. The number of nitrogens with one attached hydrogen (secondary N) is 1. The van der Waals surface area contributed by atoms with Gasteiger partial charge in [0, 0.05) is 12.5 Å². The molecule has 3 heteroatoms. The first kappa shape index (κ1) is 19.0. The number of benzene rings is 4. The Morgan fingerprint density at radius 2 is 1.43 bits per heavy atom. The maximum absolute atomic E-state index is 14.1. The summed E-state index contributed by atoms with van der Waals surface area (Å²) in [5.74, 6) is -0.200. The van der Waals surface area contributed by atoms with Gasteiger partial charge in [-0.2, -0.15) is 0 Å². The van der Waals surface area contributed by atoms with Gasteiger partial charge >= 0.3 is 0 Å². The van der Waals surface area contributed by atoms with Crippen molar-refractivity contribution in [2.45, 2.75) is 12.3 Å². The predicted molar refractivity (Wildman–Crippen MR) is 119 cm³/mol. The lowest BCUT2D eigenvalue weighted by molar-refractivity contribution is 0.518. The first-order valence-corrected chi connectivity index (χ1v) is 10.4. The minimum Gasteiger partial charge on any atom is -0.316 e. The third kappa shape index (κ3) is 3.50. The van der Waals surface area contributed by atoms with Gasteiger partial charge in [-0.05, 0) is 58.5 Å². The van der Waals surface area contributed by atoms with Crippen LogP contribution in [0, 0.1) is 17.6 Å². The van der Waals surface area contributed by atoms with Gasteiger partial charge in [0.2, 0.25) is 0 Å². The Hall–Kier alpha value is -3.04. The molecule has 2 unspecified atom stereocenters. The zero-order valence-corrected chi connectivity index (χ0v) is 16.6. The van der Waals surface area contributed by atoms with Crippen LogP contribution in [0.4, 0.5) is 8.78 Å². The maximum Gasteiger partial charge on any atom is 0.133 e. The second-order valence-electron chi connectivity index (χ2n) is 8.09. The predicted octanol–water partition coefficient (Wildman–Crippen LogP) is 6.33. The largest absolute Gasteiger partial charge is 0.316 e. The van der Waals surface area contributed by atoms with Crippen LogP contribution >= 0.6 is 0 Å². The average molecular weight is 399 g/mol. The summed E-state index contributed by atoms with van der Waals surface area (Å²) in [4.78, 5) is 0. The second kappa shape index (κ2) is 8.00. The highest BCUT2D eigenvalue weighted by atomic mass is 19.1. The molecule has 2 atom stereocenters. The molecule has 1 aliphatic rings. The van der Waals surface area contributed by atoms with Crippen molar-refractivity contribution < 1.29 is 8.78 Å². The Morgan fingerprint density at radius 3 is 2.23 bits per heavy atom. The van der Waals surface area contributed by atoms with Gasteiger partial charge < -0.3 is 5.32 Å². The molecule has 30 heavy (non-hydrogen) atoms. The van der Waals surface area contributed by atoms with E-state index in [1.54, 1.807) is 0 Å². The molecule has 0 aliphatic carbocycles. The van der Waals surface area contributed by atoms with Crippen molar-refractivity contribution >= 4 is 10.8 Å². The van der Waals surface area contributed by atoms with Crippen LogP contribution < -0.4 is 5.32 Å². The van der Waals surface area contributed by atoms with E-state index in [2.05, 4.69) is 47.8 Å². The molecule has 0 radical (unpaired) electrons. The molecule has 0 amide bonds. The topological polar surface area (TPSA) is 12.0 Å². The fourth-order valence-corrected chi connectivity index (χ4v) is 4.76. The monoisotopic (exact) mass is 399 g/mol. The van der Waals surface area contributed by atoms with E-state index in [1.807, 2.05) is 24.3 Å². The van der Waals surface area contributed by atoms with E-state index in [-0.39, 0.29) is 5.56 Å². The van der Waals surface area contributed by atoms with E-state index in [9.17, 15) is 8.78 Å². The minimum atomic E-state index is -0.529. The Morgan fingerprint density at radius 1 is 0.733 bits per heavy atom. The zero-order valence-electron chi connectivity index (χ0n) is 16.6. The van der Waals surface area contributed by atoms with Crippen LogP contribution in [0.5, 0.6) is 0 Å². The summed E-state index contributed by atoms with van der Waals surface area (Å²) in [5, 5.41) is 6.12. The van der Waals surface area contributed by atoms with Crippen molar-refractivity contribution in [3.63, 3.8) is 0 Å². The molecule has 5 rings (SSSR count). The molecule has 4 aromatic carbocycles. The van der Waals surface area contributed by atoms with Crippen molar-refractivity contribution in [2.24, 2.45) is 5.92 Å². The van der Waals surface area contributed by atoms with E-state index in [1.165, 1.54) is 40.1 Å². The average Bonchev–Trinajstić information content (AvgIpc) is 3.23. The van der Waals surface area contributed by atoms with Gasteiger partial charge in [-0.3, -0.25) is 0 Å². The summed E-state index contributed by atoms with van der Waals surface area (Å²) in [6, 6.07) is 26.7. The van der Waals surface area contributed by atoms with Gasteiger partial charge in [0.25, 0.3) is 0 Å². The fraction of sp³-hybridized carbons (Fsp3) is 0.185. The molecule has 1 saturated heterocycles. The lowest BCUT2D eigenvalue weighted by atomic mass is 9.83. The van der Waals surface area contributed by atoms with Crippen LogP contribution in [-0.2, 0) is 6.42 Å². The second-order valence-corrected chi connectivity index (χ2v) is 8.09. The van der Waals surface area contributed by atoms with Crippen LogP contribution in [0.15, 0.2) is 84.9 Å². The highest BCUT2D eigenvalue weighted by Gasteiger charge is 2.29. The highest BCUT2D eigenvalue weighted by Crippen LogP contribution is 2.34. The normalized spacial score (nSPS) is 18.7. The van der Waals surface area contributed by atoms with Gasteiger partial charge in [0.1, 0.15) is 11.6 Å². The fourth-order valence-electron chi connectivity index (χ4n) is 4.76. The first-order chi connectivity index (χ1) is 14.7. The summed E-state index contributed by atoms with van der Waals surface area (Å²) >= 11 is 0. The number of hydrogen-bond acceptors (Lipinski definition) is 1. The third-order valence-electron chi connectivity index (χ3n) is 6.29. The molecular weight excluding hydrogens is 376 g/mol. The lowest BCUT2D eigenvalue weighted by Crippen LogP contribution is -2.14. The summed E-state index contributed by atoms with van der Waals surface area (Å²) in [7, 11) is 0. The number of fused-ring (bicyclic) bond motifs is 1. The number of halogens is 2. The molecule has 4 aromatic rings. The molecule has 1 nitrogen and oxygen atoms in total. The van der Waals surface area contributed by atoms with Crippen LogP contribution in [0.2, 0.25) is 0 Å². The van der Waals surface area contributed by atoms with Crippen LogP contribution in [0.1, 0.15) is 17.0 Å². The summed E-state index contributed by atoms with van der Waals surface area (Å²) < 4.78 is 28.2. The van der Waals surface area contributed by atoms with Gasteiger partial charge in [0.05, 0.1) is 5.56 Å². The van der Waals surface area contributed by atoms with Crippen molar-refractivity contribution in [1.82, 2.24) is 5.32 Å². The molecule has 0 aromatic heterocycles. The highest BCUT2D eigenvalue weighted by molar-refractivity contribution is 5.85. The third-order valence-corrected chi connectivity index (χ3v) is 6.29. The van der Waals surface area contributed by atoms with E-state index in [0.717, 1.165) is 19.5 Å². The zero-order chi connectivity index (χ0) is 20.5. The van der Waals surface area contributed by atoms with Gasteiger partial charge in [0.15, 0.2) is 0 Å². The Balaban J connectivity index is 1.41. The number of rotatable bonds is 4. The van der Waals surface area contributed by atoms with E-state index in [4.69, 9.17) is 0 Å². The van der Waals surface area contributed by atoms with E-state index in [0.29, 0.717) is 17.4 Å². The molecule has 1 N–H and O–H groups in total. The van der Waals surface area contributed by atoms with E-state index < -0.39 is 11.6 Å². The maximum atomic E-state index is 14.1. The van der Waals surface area contributed by atoms with Crippen molar-refractivity contribution in [3.05, 3.63) is 108 Å².